The third-order valence-electron chi connectivity index (χ3n) is 3.18. The van der Waals surface area contributed by atoms with Crippen molar-refractivity contribution >= 4 is 17.4 Å². The Morgan fingerprint density at radius 1 is 1.24 bits per heavy atom. The van der Waals surface area contributed by atoms with Crippen LogP contribution in [0.5, 0.6) is 5.88 Å². The summed E-state index contributed by atoms with van der Waals surface area (Å²) < 4.78 is 1.44. The standard InChI is InChI=1S/C14H15N5OS/c1-8(2)9-7-16-19-12(20)6-11(17-13(9)19)10-4-5-15-14(18-10)21-3/h4-8,20H,1-3H3. The second-order valence-electron chi connectivity index (χ2n) is 4.92. The lowest BCUT2D eigenvalue weighted by atomic mass is 10.1. The summed E-state index contributed by atoms with van der Waals surface area (Å²) in [6.07, 6.45) is 5.35. The van der Waals surface area contributed by atoms with Crippen LogP contribution in [-0.4, -0.2) is 35.9 Å². The molecule has 7 heteroatoms. The third kappa shape index (κ3) is 2.44. The van der Waals surface area contributed by atoms with E-state index in [2.05, 4.69) is 33.9 Å². The highest BCUT2D eigenvalue weighted by Crippen LogP contribution is 2.26. The zero-order valence-electron chi connectivity index (χ0n) is 12.0. The maximum Gasteiger partial charge on any atom is 0.216 e. The number of nitrogens with zero attached hydrogens (tertiary/aromatic N) is 5. The van der Waals surface area contributed by atoms with E-state index in [-0.39, 0.29) is 11.8 Å². The fraction of sp³-hybridized carbons (Fsp3) is 0.286. The van der Waals surface area contributed by atoms with E-state index in [4.69, 9.17) is 0 Å². The van der Waals surface area contributed by atoms with E-state index in [1.165, 1.54) is 16.3 Å². The second-order valence-corrected chi connectivity index (χ2v) is 5.69. The summed E-state index contributed by atoms with van der Waals surface area (Å²) in [5, 5.41) is 15.0. The Morgan fingerprint density at radius 2 is 2.05 bits per heavy atom. The zero-order valence-corrected chi connectivity index (χ0v) is 12.8. The largest absolute Gasteiger partial charge is 0.493 e. The molecule has 1 N–H and O–H groups in total. The normalized spacial score (nSPS) is 11.4. The topological polar surface area (TPSA) is 76.2 Å². The van der Waals surface area contributed by atoms with Gasteiger partial charge in [-0.2, -0.15) is 9.61 Å². The van der Waals surface area contributed by atoms with Crippen molar-refractivity contribution in [1.29, 1.82) is 0 Å². The number of hydrogen-bond donors (Lipinski definition) is 1. The molecule has 3 aromatic heterocycles. The molecule has 0 bridgehead atoms. The van der Waals surface area contributed by atoms with Crippen LogP contribution in [0.15, 0.2) is 29.7 Å². The van der Waals surface area contributed by atoms with Gasteiger partial charge in [0.15, 0.2) is 10.8 Å². The van der Waals surface area contributed by atoms with Crippen molar-refractivity contribution in [3.63, 3.8) is 0 Å². The summed E-state index contributed by atoms with van der Waals surface area (Å²) in [4.78, 5) is 13.2. The summed E-state index contributed by atoms with van der Waals surface area (Å²) in [7, 11) is 0. The SMILES string of the molecule is CSc1nccc(-c2cc(O)n3ncc(C(C)C)c3n2)n1. The van der Waals surface area contributed by atoms with Gasteiger partial charge in [-0.25, -0.2) is 15.0 Å². The van der Waals surface area contributed by atoms with Crippen LogP contribution in [0.4, 0.5) is 0 Å². The molecule has 0 aliphatic heterocycles. The van der Waals surface area contributed by atoms with Crippen molar-refractivity contribution in [2.24, 2.45) is 0 Å². The van der Waals surface area contributed by atoms with Gasteiger partial charge in [0.25, 0.3) is 0 Å². The van der Waals surface area contributed by atoms with Crippen molar-refractivity contribution < 1.29 is 5.11 Å². The average Bonchev–Trinajstić information content (AvgIpc) is 2.92. The lowest BCUT2D eigenvalue weighted by molar-refractivity contribution is 0.435. The molecule has 3 aromatic rings. The predicted molar refractivity (Wildman–Crippen MR) is 81.5 cm³/mol. The summed E-state index contributed by atoms with van der Waals surface area (Å²) in [5.41, 5.74) is 2.94. The monoisotopic (exact) mass is 301 g/mol. The minimum Gasteiger partial charge on any atom is -0.493 e. The Bertz CT molecular complexity index is 799. The van der Waals surface area contributed by atoms with E-state index in [9.17, 15) is 5.11 Å². The maximum atomic E-state index is 10.1. The van der Waals surface area contributed by atoms with E-state index in [0.29, 0.717) is 22.2 Å². The van der Waals surface area contributed by atoms with Crippen LogP contribution in [-0.2, 0) is 0 Å². The number of aromatic hydroxyl groups is 1. The Morgan fingerprint density at radius 3 is 2.76 bits per heavy atom. The zero-order chi connectivity index (χ0) is 15.0. The Balaban J connectivity index is 2.21. The first-order valence-electron chi connectivity index (χ1n) is 6.55. The summed E-state index contributed by atoms with van der Waals surface area (Å²) in [6, 6.07) is 3.35. The molecule has 0 saturated heterocycles. The van der Waals surface area contributed by atoms with Gasteiger partial charge in [-0.05, 0) is 18.2 Å². The molecule has 6 nitrogen and oxygen atoms in total. The number of aromatic nitrogens is 5. The van der Waals surface area contributed by atoms with Crippen LogP contribution in [0, 0.1) is 0 Å². The molecular formula is C14H15N5OS. The van der Waals surface area contributed by atoms with Gasteiger partial charge in [0.1, 0.15) is 0 Å². The van der Waals surface area contributed by atoms with Gasteiger partial charge >= 0.3 is 0 Å². The van der Waals surface area contributed by atoms with E-state index >= 15 is 0 Å². The number of fused-ring (bicyclic) bond motifs is 1. The molecule has 0 aliphatic carbocycles. The molecule has 0 saturated carbocycles. The third-order valence-corrected chi connectivity index (χ3v) is 3.74. The molecule has 3 rings (SSSR count). The number of thioether (sulfide) groups is 1. The highest BCUT2D eigenvalue weighted by atomic mass is 32.2. The smallest absolute Gasteiger partial charge is 0.216 e. The van der Waals surface area contributed by atoms with Crippen LogP contribution < -0.4 is 0 Å². The minimum absolute atomic E-state index is 0.0474. The lowest BCUT2D eigenvalue weighted by Gasteiger charge is -2.06. The molecular weight excluding hydrogens is 286 g/mol. The minimum atomic E-state index is 0.0474. The van der Waals surface area contributed by atoms with Crippen LogP contribution in [0.2, 0.25) is 0 Å². The molecule has 108 valence electrons. The second kappa shape index (κ2) is 5.33. The van der Waals surface area contributed by atoms with E-state index in [0.717, 1.165) is 5.56 Å². The summed E-state index contributed by atoms with van der Waals surface area (Å²) >= 11 is 1.47. The molecule has 0 fully saturated rings. The van der Waals surface area contributed by atoms with Gasteiger partial charge in [0.2, 0.25) is 5.88 Å². The molecule has 0 radical (unpaired) electrons. The fourth-order valence-corrected chi connectivity index (χ4v) is 2.44. The van der Waals surface area contributed by atoms with Crippen molar-refractivity contribution in [2.45, 2.75) is 24.9 Å². The van der Waals surface area contributed by atoms with Crippen LogP contribution >= 0.6 is 11.8 Å². The van der Waals surface area contributed by atoms with Gasteiger partial charge < -0.3 is 5.11 Å². The molecule has 0 aliphatic rings. The fourth-order valence-electron chi connectivity index (χ4n) is 2.08. The molecule has 0 amide bonds. The first-order chi connectivity index (χ1) is 10.1. The van der Waals surface area contributed by atoms with Gasteiger partial charge in [-0.1, -0.05) is 25.6 Å². The van der Waals surface area contributed by atoms with Crippen molar-refractivity contribution in [3.05, 3.63) is 30.1 Å². The highest BCUT2D eigenvalue weighted by molar-refractivity contribution is 7.98. The van der Waals surface area contributed by atoms with Crippen molar-refractivity contribution in [1.82, 2.24) is 24.6 Å². The molecule has 0 unspecified atom stereocenters. The number of rotatable bonds is 3. The summed E-state index contributed by atoms with van der Waals surface area (Å²) in [6.45, 7) is 4.14. The molecule has 0 spiro atoms. The van der Waals surface area contributed by atoms with Crippen LogP contribution in [0.25, 0.3) is 17.0 Å². The Hall–Kier alpha value is -2.15. The van der Waals surface area contributed by atoms with Crippen LogP contribution in [0.3, 0.4) is 0 Å². The summed E-state index contributed by atoms with van der Waals surface area (Å²) in [5.74, 6) is 0.322. The average molecular weight is 301 g/mol. The van der Waals surface area contributed by atoms with Gasteiger partial charge in [-0.15, -0.1) is 0 Å². The Kier molecular flexibility index (Phi) is 3.50. The molecule has 21 heavy (non-hydrogen) atoms. The number of hydrogen-bond acceptors (Lipinski definition) is 6. The van der Waals surface area contributed by atoms with Crippen molar-refractivity contribution in [2.75, 3.05) is 6.26 Å². The quantitative estimate of drug-likeness (QED) is 0.592. The van der Waals surface area contributed by atoms with Gasteiger partial charge in [0.05, 0.1) is 17.6 Å². The van der Waals surface area contributed by atoms with Crippen molar-refractivity contribution in [3.8, 4) is 17.3 Å². The van der Waals surface area contributed by atoms with Gasteiger partial charge in [-0.3, -0.25) is 0 Å². The van der Waals surface area contributed by atoms with Crippen LogP contribution in [0.1, 0.15) is 25.3 Å². The molecule has 0 atom stereocenters. The van der Waals surface area contributed by atoms with E-state index < -0.39 is 0 Å². The maximum absolute atomic E-state index is 10.1. The molecule has 0 aromatic carbocycles. The van der Waals surface area contributed by atoms with Gasteiger partial charge in [0, 0.05) is 17.8 Å². The van der Waals surface area contributed by atoms with E-state index in [1.807, 2.05) is 6.26 Å². The van der Waals surface area contributed by atoms with E-state index in [1.54, 1.807) is 24.5 Å². The lowest BCUT2D eigenvalue weighted by Crippen LogP contribution is -1.98. The Labute approximate surface area is 126 Å². The molecule has 3 heterocycles. The first kappa shape index (κ1) is 13.8. The first-order valence-corrected chi connectivity index (χ1v) is 7.77. The predicted octanol–water partition coefficient (Wildman–Crippen LogP) is 2.74. The highest BCUT2D eigenvalue weighted by Gasteiger charge is 2.15.